The summed E-state index contributed by atoms with van der Waals surface area (Å²) < 4.78 is 0. The van der Waals surface area contributed by atoms with Gasteiger partial charge in [-0.15, -0.1) is 0 Å². The lowest BCUT2D eigenvalue weighted by Gasteiger charge is -2.37. The fourth-order valence-corrected chi connectivity index (χ4v) is 2.56. The van der Waals surface area contributed by atoms with Gasteiger partial charge in [0.1, 0.15) is 6.54 Å². The maximum atomic E-state index is 12.9. The highest BCUT2D eigenvalue weighted by Crippen LogP contribution is 2.50. The van der Waals surface area contributed by atoms with Crippen LogP contribution in [0.2, 0.25) is 0 Å². The fourth-order valence-electron chi connectivity index (χ4n) is 2.56. The monoisotopic (exact) mass is 290 g/mol. The summed E-state index contributed by atoms with van der Waals surface area (Å²) in [6, 6.07) is 7.28. The number of hydrogen-bond acceptors (Lipinski definition) is 3. The van der Waals surface area contributed by atoms with Crippen molar-refractivity contribution in [1.82, 2.24) is 4.90 Å². The Hall–Kier alpha value is -2.04. The normalized spacial score (nSPS) is 16.3. The molecular weight excluding hydrogens is 268 g/mol. The van der Waals surface area contributed by atoms with Gasteiger partial charge in [0, 0.05) is 11.2 Å². The van der Waals surface area contributed by atoms with Crippen LogP contribution in [0.25, 0.3) is 0 Å². The molecule has 1 amide bonds. The second-order valence-electron chi connectivity index (χ2n) is 6.66. The Bertz CT molecular complexity index is 554. The quantitative estimate of drug-likeness (QED) is 0.831. The van der Waals surface area contributed by atoms with Crippen molar-refractivity contribution in [3.63, 3.8) is 0 Å². The lowest BCUT2D eigenvalue weighted by molar-refractivity contribution is -0.149. The number of benzene rings is 1. The molecule has 5 nitrogen and oxygen atoms in total. The Balaban J connectivity index is 2.32. The molecule has 1 aromatic carbocycles. The molecule has 21 heavy (non-hydrogen) atoms. The van der Waals surface area contributed by atoms with Crippen LogP contribution in [0.15, 0.2) is 24.3 Å². The zero-order valence-corrected chi connectivity index (χ0v) is 12.7. The van der Waals surface area contributed by atoms with E-state index in [1.54, 1.807) is 12.1 Å². The van der Waals surface area contributed by atoms with Crippen LogP contribution in [0.4, 0.5) is 5.69 Å². The van der Waals surface area contributed by atoms with E-state index in [2.05, 4.69) is 0 Å². The van der Waals surface area contributed by atoms with Gasteiger partial charge in [-0.2, -0.15) is 0 Å². The second-order valence-corrected chi connectivity index (χ2v) is 6.66. The first-order valence-electron chi connectivity index (χ1n) is 7.07. The van der Waals surface area contributed by atoms with Crippen molar-refractivity contribution in [2.45, 2.75) is 44.6 Å². The Morgan fingerprint density at radius 3 is 2.14 bits per heavy atom. The smallest absolute Gasteiger partial charge is 0.323 e. The van der Waals surface area contributed by atoms with Gasteiger partial charge in [0.05, 0.1) is 5.41 Å². The van der Waals surface area contributed by atoms with Crippen LogP contribution < -0.4 is 5.73 Å². The van der Waals surface area contributed by atoms with E-state index in [9.17, 15) is 9.59 Å². The number of rotatable bonds is 4. The molecule has 0 atom stereocenters. The van der Waals surface area contributed by atoms with Crippen molar-refractivity contribution < 1.29 is 14.7 Å². The number of carboxylic acids is 1. The average molecular weight is 290 g/mol. The zero-order chi connectivity index (χ0) is 15.8. The first kappa shape index (κ1) is 15.4. The molecule has 2 rings (SSSR count). The molecule has 1 aliphatic carbocycles. The fraction of sp³-hybridized carbons (Fsp3) is 0.500. The standard InChI is InChI=1S/C16H22N2O3/c1-15(2,3)18(10-13(19)20)14(21)16(8-9-16)11-4-6-12(17)7-5-11/h4-7H,8-10,17H2,1-3H3,(H,19,20). The minimum atomic E-state index is -0.994. The molecule has 0 heterocycles. The number of carboxylic acid groups (broad SMARTS) is 1. The molecule has 0 saturated heterocycles. The van der Waals surface area contributed by atoms with Crippen molar-refractivity contribution >= 4 is 17.6 Å². The molecule has 1 saturated carbocycles. The van der Waals surface area contributed by atoms with Crippen LogP contribution >= 0.6 is 0 Å². The second kappa shape index (κ2) is 5.06. The zero-order valence-electron chi connectivity index (χ0n) is 12.7. The van der Waals surface area contributed by atoms with Crippen molar-refractivity contribution in [3.05, 3.63) is 29.8 Å². The van der Waals surface area contributed by atoms with Gasteiger partial charge in [-0.3, -0.25) is 9.59 Å². The summed E-state index contributed by atoms with van der Waals surface area (Å²) in [5.41, 5.74) is 6.16. The van der Waals surface area contributed by atoms with Gasteiger partial charge in [-0.05, 0) is 51.3 Å². The number of carbonyl (C=O) groups is 2. The third-order valence-corrected chi connectivity index (χ3v) is 3.97. The molecule has 1 fully saturated rings. The highest BCUT2D eigenvalue weighted by atomic mass is 16.4. The van der Waals surface area contributed by atoms with Gasteiger partial charge in [0.2, 0.25) is 5.91 Å². The van der Waals surface area contributed by atoms with E-state index in [1.165, 1.54) is 4.90 Å². The molecule has 0 radical (unpaired) electrons. The molecule has 0 spiro atoms. The summed E-state index contributed by atoms with van der Waals surface area (Å²) in [5.74, 6) is -1.10. The third-order valence-electron chi connectivity index (χ3n) is 3.97. The number of anilines is 1. The Morgan fingerprint density at radius 1 is 1.24 bits per heavy atom. The van der Waals surface area contributed by atoms with Gasteiger partial charge in [0.15, 0.2) is 0 Å². The highest BCUT2D eigenvalue weighted by Gasteiger charge is 2.54. The number of hydrogen-bond donors (Lipinski definition) is 2. The van der Waals surface area contributed by atoms with E-state index < -0.39 is 16.9 Å². The minimum Gasteiger partial charge on any atom is -0.480 e. The summed E-state index contributed by atoms with van der Waals surface area (Å²) in [6.07, 6.45) is 1.50. The van der Waals surface area contributed by atoms with Gasteiger partial charge >= 0.3 is 5.97 Å². The molecule has 0 bridgehead atoms. The molecular formula is C16H22N2O3. The first-order valence-corrected chi connectivity index (χ1v) is 7.07. The van der Waals surface area contributed by atoms with Crippen LogP contribution in [0.5, 0.6) is 0 Å². The van der Waals surface area contributed by atoms with Crippen LogP contribution in [-0.4, -0.2) is 34.0 Å². The van der Waals surface area contributed by atoms with Gasteiger partial charge in [-0.1, -0.05) is 12.1 Å². The van der Waals surface area contributed by atoms with E-state index in [4.69, 9.17) is 10.8 Å². The van der Waals surface area contributed by atoms with Crippen LogP contribution in [-0.2, 0) is 15.0 Å². The maximum Gasteiger partial charge on any atom is 0.323 e. The average Bonchev–Trinajstić information content (AvgIpc) is 3.16. The summed E-state index contributed by atoms with van der Waals surface area (Å²) in [7, 11) is 0. The lowest BCUT2D eigenvalue weighted by atomic mass is 9.91. The van der Waals surface area contributed by atoms with E-state index in [0.29, 0.717) is 5.69 Å². The van der Waals surface area contributed by atoms with Gasteiger partial charge < -0.3 is 15.7 Å². The summed E-state index contributed by atoms with van der Waals surface area (Å²) >= 11 is 0. The molecule has 5 heteroatoms. The molecule has 0 aromatic heterocycles. The highest BCUT2D eigenvalue weighted by molar-refractivity contribution is 5.93. The Kier molecular flexibility index (Phi) is 3.70. The van der Waals surface area contributed by atoms with E-state index in [1.807, 2.05) is 32.9 Å². The van der Waals surface area contributed by atoms with Crippen molar-refractivity contribution in [1.29, 1.82) is 0 Å². The van der Waals surface area contributed by atoms with Crippen molar-refractivity contribution in [3.8, 4) is 0 Å². The Morgan fingerprint density at radius 2 is 1.76 bits per heavy atom. The lowest BCUT2D eigenvalue weighted by Crippen LogP contribution is -2.52. The van der Waals surface area contributed by atoms with Crippen LogP contribution in [0, 0.1) is 0 Å². The van der Waals surface area contributed by atoms with Gasteiger partial charge in [0.25, 0.3) is 0 Å². The minimum absolute atomic E-state index is 0.109. The van der Waals surface area contributed by atoms with Gasteiger partial charge in [-0.25, -0.2) is 0 Å². The number of amides is 1. The molecule has 1 aliphatic rings. The topological polar surface area (TPSA) is 83.6 Å². The summed E-state index contributed by atoms with van der Waals surface area (Å²) in [6.45, 7) is 5.28. The number of nitrogens with zero attached hydrogens (tertiary/aromatic N) is 1. The predicted octanol–water partition coefficient (Wildman–Crippen LogP) is 2.01. The first-order chi connectivity index (χ1) is 9.67. The maximum absolute atomic E-state index is 12.9. The van der Waals surface area contributed by atoms with Crippen LogP contribution in [0.1, 0.15) is 39.2 Å². The summed E-state index contributed by atoms with van der Waals surface area (Å²) in [4.78, 5) is 25.5. The molecule has 1 aromatic rings. The number of carbonyl (C=O) groups excluding carboxylic acids is 1. The van der Waals surface area contributed by atoms with Crippen LogP contribution in [0.3, 0.4) is 0 Å². The van der Waals surface area contributed by atoms with Crippen molar-refractivity contribution in [2.75, 3.05) is 12.3 Å². The molecule has 3 N–H and O–H groups in total. The molecule has 0 unspecified atom stereocenters. The number of aliphatic carboxylic acids is 1. The SMILES string of the molecule is CC(C)(C)N(CC(=O)O)C(=O)C1(c2ccc(N)cc2)CC1. The van der Waals surface area contributed by atoms with Crippen molar-refractivity contribution in [2.24, 2.45) is 0 Å². The Labute approximate surface area is 124 Å². The largest absolute Gasteiger partial charge is 0.480 e. The van der Waals surface area contributed by atoms with E-state index in [0.717, 1.165) is 18.4 Å². The molecule has 114 valence electrons. The molecule has 0 aliphatic heterocycles. The van der Waals surface area contributed by atoms with E-state index >= 15 is 0 Å². The summed E-state index contributed by atoms with van der Waals surface area (Å²) in [5, 5.41) is 9.08. The number of nitrogens with two attached hydrogens (primary N) is 1. The predicted molar refractivity (Wildman–Crippen MR) is 80.9 cm³/mol. The third kappa shape index (κ3) is 3.01. The number of nitrogen functional groups attached to an aromatic ring is 1. The van der Waals surface area contributed by atoms with E-state index in [-0.39, 0.29) is 12.5 Å².